The number of piperidine rings is 2. The first-order valence-corrected chi connectivity index (χ1v) is 8.30. The van der Waals surface area contributed by atoms with Crippen molar-refractivity contribution >= 4 is 21.6 Å². The smallest absolute Gasteiger partial charge is 0.137 e. The number of aryl methyl sites for hydroxylation is 1. The highest BCUT2D eigenvalue weighted by Crippen LogP contribution is 2.40. The van der Waals surface area contributed by atoms with E-state index in [1.54, 1.807) is 6.07 Å². The number of fused-ring (bicyclic) bond motifs is 2. The third-order valence-electron chi connectivity index (χ3n) is 4.90. The Morgan fingerprint density at radius 1 is 1.25 bits per heavy atom. The quantitative estimate of drug-likeness (QED) is 0.875. The van der Waals surface area contributed by atoms with Crippen LogP contribution in [0.5, 0.6) is 0 Å². The number of hydrogen-bond donors (Lipinski definition) is 1. The number of anilines is 1. The molecule has 1 aromatic carbocycles. The minimum absolute atomic E-state index is 0.165. The van der Waals surface area contributed by atoms with Gasteiger partial charge in [-0.15, -0.1) is 0 Å². The largest absolute Gasteiger partial charge is 0.365 e. The molecule has 0 radical (unpaired) electrons. The number of nitrogens with one attached hydrogen (secondary N) is 1. The van der Waals surface area contributed by atoms with Crippen LogP contribution in [0.4, 0.5) is 10.1 Å². The molecule has 0 saturated carbocycles. The van der Waals surface area contributed by atoms with Crippen LogP contribution in [-0.2, 0) is 0 Å². The van der Waals surface area contributed by atoms with Gasteiger partial charge in [0.25, 0.3) is 0 Å². The third kappa shape index (κ3) is 2.48. The van der Waals surface area contributed by atoms with Gasteiger partial charge in [-0.05, 0) is 79.7 Å². The van der Waals surface area contributed by atoms with E-state index < -0.39 is 0 Å². The van der Waals surface area contributed by atoms with Gasteiger partial charge >= 0.3 is 0 Å². The van der Waals surface area contributed by atoms with Crippen LogP contribution in [0.2, 0.25) is 0 Å². The Morgan fingerprint density at radius 2 is 1.90 bits per heavy atom. The van der Waals surface area contributed by atoms with E-state index in [1.165, 1.54) is 37.8 Å². The van der Waals surface area contributed by atoms with Crippen molar-refractivity contribution in [1.29, 1.82) is 0 Å². The fraction of sp³-hybridized carbons (Fsp3) is 0.625. The van der Waals surface area contributed by atoms with Crippen LogP contribution in [0.15, 0.2) is 16.6 Å². The Bertz CT molecular complexity index is 491. The molecule has 2 nitrogen and oxygen atoms in total. The summed E-state index contributed by atoms with van der Waals surface area (Å²) in [4.78, 5) is 2.57. The zero-order chi connectivity index (χ0) is 14.3. The van der Waals surface area contributed by atoms with E-state index in [1.807, 2.05) is 13.0 Å². The van der Waals surface area contributed by atoms with Gasteiger partial charge in [-0.1, -0.05) is 0 Å². The monoisotopic (exact) mass is 340 g/mol. The van der Waals surface area contributed by atoms with Crippen LogP contribution >= 0.6 is 15.9 Å². The van der Waals surface area contributed by atoms with E-state index in [0.29, 0.717) is 22.6 Å². The maximum atomic E-state index is 13.7. The zero-order valence-electron chi connectivity index (χ0n) is 12.1. The van der Waals surface area contributed by atoms with Gasteiger partial charge in [-0.2, -0.15) is 0 Å². The van der Waals surface area contributed by atoms with Gasteiger partial charge in [0, 0.05) is 23.8 Å². The van der Waals surface area contributed by atoms with E-state index >= 15 is 0 Å². The lowest BCUT2D eigenvalue weighted by molar-refractivity contribution is 0.252. The maximum absolute atomic E-state index is 13.7. The summed E-state index contributed by atoms with van der Waals surface area (Å²) in [5.74, 6) is -0.165. The lowest BCUT2D eigenvalue weighted by Gasteiger charge is -2.50. The van der Waals surface area contributed by atoms with E-state index in [-0.39, 0.29) is 5.82 Å². The second kappa shape index (κ2) is 5.64. The number of hydrogen-bond acceptors (Lipinski definition) is 2. The summed E-state index contributed by atoms with van der Waals surface area (Å²) in [7, 11) is 2.07. The molecule has 0 aliphatic carbocycles. The fourth-order valence-electron chi connectivity index (χ4n) is 3.92. The predicted molar refractivity (Wildman–Crippen MR) is 84.8 cm³/mol. The number of halogens is 2. The molecule has 2 aliphatic rings. The molecule has 0 spiro atoms. The van der Waals surface area contributed by atoms with Crippen LogP contribution in [0.25, 0.3) is 0 Å². The summed E-state index contributed by atoms with van der Waals surface area (Å²) in [6.07, 6.45) is 6.22. The normalized spacial score (nSPS) is 29.6. The summed E-state index contributed by atoms with van der Waals surface area (Å²) in [5, 5.41) is 3.44. The molecule has 3 rings (SSSR count). The summed E-state index contributed by atoms with van der Waals surface area (Å²) < 4.78 is 14.2. The van der Waals surface area contributed by atoms with E-state index in [0.717, 1.165) is 5.56 Å². The van der Waals surface area contributed by atoms with Crippen LogP contribution < -0.4 is 10.2 Å². The van der Waals surface area contributed by atoms with Gasteiger partial charge in [-0.25, -0.2) is 4.39 Å². The molecule has 0 aromatic heterocycles. The molecule has 20 heavy (non-hydrogen) atoms. The highest BCUT2D eigenvalue weighted by atomic mass is 79.9. The maximum Gasteiger partial charge on any atom is 0.137 e. The molecule has 110 valence electrons. The topological polar surface area (TPSA) is 15.3 Å². The molecule has 2 heterocycles. The minimum atomic E-state index is -0.165. The van der Waals surface area contributed by atoms with Crippen molar-refractivity contribution in [2.24, 2.45) is 0 Å². The molecule has 2 saturated heterocycles. The molecule has 4 heteroatoms. The van der Waals surface area contributed by atoms with Gasteiger partial charge in [-0.3, -0.25) is 0 Å². The molecule has 1 aromatic rings. The van der Waals surface area contributed by atoms with Gasteiger partial charge in [0.2, 0.25) is 0 Å². The van der Waals surface area contributed by atoms with Crippen LogP contribution in [0, 0.1) is 12.7 Å². The SMILES string of the molecule is CNC1CC2CCCC(C1)N2c1cc(Br)c(F)cc1C. The Balaban J connectivity index is 1.95. The van der Waals surface area contributed by atoms with Crippen molar-refractivity contribution in [2.75, 3.05) is 11.9 Å². The van der Waals surface area contributed by atoms with Crippen molar-refractivity contribution in [3.05, 3.63) is 28.0 Å². The first-order chi connectivity index (χ1) is 9.60. The predicted octanol–water partition coefficient (Wildman–Crippen LogP) is 4.01. The van der Waals surface area contributed by atoms with Gasteiger partial charge in [0.1, 0.15) is 5.82 Å². The molecule has 2 atom stereocenters. The van der Waals surface area contributed by atoms with Crippen molar-refractivity contribution in [3.8, 4) is 0 Å². The van der Waals surface area contributed by atoms with Crippen LogP contribution in [0.1, 0.15) is 37.7 Å². The Labute approximate surface area is 128 Å². The lowest BCUT2D eigenvalue weighted by atomic mass is 9.81. The molecule has 2 aliphatic heterocycles. The molecule has 2 fully saturated rings. The number of nitrogens with zero attached hydrogens (tertiary/aromatic N) is 1. The van der Waals surface area contributed by atoms with E-state index in [4.69, 9.17) is 0 Å². The third-order valence-corrected chi connectivity index (χ3v) is 5.51. The standard InChI is InChI=1S/C16H22BrFN2/c1-10-6-15(18)14(17)9-16(10)20-12-4-3-5-13(20)8-11(7-12)19-2/h6,9,11-13,19H,3-5,7-8H2,1-2H3. The molecule has 1 N–H and O–H groups in total. The van der Waals surface area contributed by atoms with E-state index in [9.17, 15) is 4.39 Å². The van der Waals surface area contributed by atoms with Crippen molar-refractivity contribution in [1.82, 2.24) is 5.32 Å². The fourth-order valence-corrected chi connectivity index (χ4v) is 4.26. The Morgan fingerprint density at radius 3 is 2.50 bits per heavy atom. The lowest BCUT2D eigenvalue weighted by Crippen LogP contribution is -2.56. The molecular weight excluding hydrogens is 319 g/mol. The molecule has 0 amide bonds. The number of rotatable bonds is 2. The minimum Gasteiger partial charge on any atom is -0.365 e. The average molecular weight is 341 g/mol. The van der Waals surface area contributed by atoms with Crippen molar-refractivity contribution in [3.63, 3.8) is 0 Å². The summed E-state index contributed by atoms with van der Waals surface area (Å²) in [6, 6.07) is 5.44. The first kappa shape index (κ1) is 14.3. The van der Waals surface area contributed by atoms with Gasteiger partial charge in [0.05, 0.1) is 4.47 Å². The zero-order valence-corrected chi connectivity index (χ0v) is 13.7. The Hall–Kier alpha value is -0.610. The second-order valence-electron chi connectivity index (χ2n) is 6.16. The Kier molecular flexibility index (Phi) is 4.04. The second-order valence-corrected chi connectivity index (χ2v) is 7.01. The van der Waals surface area contributed by atoms with Crippen LogP contribution in [-0.4, -0.2) is 25.2 Å². The molecule has 2 bridgehead atoms. The molecule has 2 unspecified atom stereocenters. The highest BCUT2D eigenvalue weighted by Gasteiger charge is 2.38. The van der Waals surface area contributed by atoms with Crippen molar-refractivity contribution < 1.29 is 4.39 Å². The van der Waals surface area contributed by atoms with E-state index in [2.05, 4.69) is 33.2 Å². The summed E-state index contributed by atoms with van der Waals surface area (Å²) >= 11 is 3.34. The average Bonchev–Trinajstić information content (AvgIpc) is 2.41. The summed E-state index contributed by atoms with van der Waals surface area (Å²) in [5.41, 5.74) is 2.26. The number of benzene rings is 1. The van der Waals surface area contributed by atoms with Gasteiger partial charge in [0.15, 0.2) is 0 Å². The van der Waals surface area contributed by atoms with Crippen LogP contribution in [0.3, 0.4) is 0 Å². The summed E-state index contributed by atoms with van der Waals surface area (Å²) in [6.45, 7) is 2.02. The molecular formula is C16H22BrFN2. The van der Waals surface area contributed by atoms with Gasteiger partial charge < -0.3 is 10.2 Å². The first-order valence-electron chi connectivity index (χ1n) is 7.51. The highest BCUT2D eigenvalue weighted by molar-refractivity contribution is 9.10. The van der Waals surface area contributed by atoms with Crippen molar-refractivity contribution in [2.45, 2.75) is 57.2 Å².